The Balaban J connectivity index is 2.93. The van der Waals surface area contributed by atoms with Gasteiger partial charge in [-0.1, -0.05) is 13.8 Å². The third-order valence-corrected chi connectivity index (χ3v) is 3.04. The van der Waals surface area contributed by atoms with Gasteiger partial charge < -0.3 is 20.2 Å². The number of oxazole rings is 1. The number of amides is 2. The Bertz CT molecular complexity index is 579. The fourth-order valence-corrected chi connectivity index (χ4v) is 1.90. The van der Waals surface area contributed by atoms with Gasteiger partial charge in [0.1, 0.15) is 17.8 Å². The number of aryl methyl sites for hydroxylation is 1. The maximum Gasteiger partial charge on any atom is 0.326 e. The van der Waals surface area contributed by atoms with Gasteiger partial charge in [0, 0.05) is 6.92 Å². The zero-order chi connectivity index (χ0) is 17.0. The fourth-order valence-electron chi connectivity index (χ4n) is 1.90. The Morgan fingerprint density at radius 1 is 1.18 bits per heavy atom. The van der Waals surface area contributed by atoms with Crippen molar-refractivity contribution in [2.75, 3.05) is 0 Å². The Hall–Kier alpha value is -2.38. The molecule has 1 rings (SSSR count). The van der Waals surface area contributed by atoms with Crippen LogP contribution in [0.1, 0.15) is 55.9 Å². The minimum Gasteiger partial charge on any atom is -0.480 e. The van der Waals surface area contributed by atoms with Crippen molar-refractivity contribution in [3.05, 3.63) is 17.3 Å². The molecule has 0 aliphatic carbocycles. The van der Waals surface area contributed by atoms with Crippen molar-refractivity contribution in [2.45, 2.75) is 46.7 Å². The first-order valence-electron chi connectivity index (χ1n) is 6.91. The quantitative estimate of drug-likeness (QED) is 0.721. The van der Waals surface area contributed by atoms with Crippen molar-refractivity contribution >= 4 is 17.8 Å². The number of carboxylic acid groups (broad SMARTS) is 1. The van der Waals surface area contributed by atoms with E-state index >= 15 is 0 Å². The standard InChI is InChI=1S/C14H21N3O5/c1-6(2)10(14(20)21)16-12(19)11-8(4)22-13(17-11)7(3)15-9(5)18/h6-7,10H,1-5H3,(H,15,18)(H,16,19)(H,20,21)/t7-,10-/m0/s1. The van der Waals surface area contributed by atoms with Crippen molar-refractivity contribution in [2.24, 2.45) is 5.92 Å². The van der Waals surface area contributed by atoms with Crippen LogP contribution in [0, 0.1) is 12.8 Å². The molecule has 0 radical (unpaired) electrons. The molecule has 1 aromatic heterocycles. The maximum absolute atomic E-state index is 12.2. The van der Waals surface area contributed by atoms with Gasteiger partial charge in [0.05, 0.1) is 0 Å². The molecule has 0 aliphatic heterocycles. The molecule has 0 saturated heterocycles. The van der Waals surface area contributed by atoms with Crippen LogP contribution in [0.5, 0.6) is 0 Å². The number of aromatic nitrogens is 1. The van der Waals surface area contributed by atoms with Crippen molar-refractivity contribution in [1.82, 2.24) is 15.6 Å². The van der Waals surface area contributed by atoms with E-state index in [4.69, 9.17) is 9.52 Å². The van der Waals surface area contributed by atoms with E-state index in [0.29, 0.717) is 0 Å². The van der Waals surface area contributed by atoms with Crippen molar-refractivity contribution < 1.29 is 23.9 Å². The largest absolute Gasteiger partial charge is 0.480 e. The average Bonchev–Trinajstić information content (AvgIpc) is 2.76. The zero-order valence-electron chi connectivity index (χ0n) is 13.3. The average molecular weight is 311 g/mol. The molecule has 0 bridgehead atoms. The molecule has 22 heavy (non-hydrogen) atoms. The summed E-state index contributed by atoms with van der Waals surface area (Å²) in [6.45, 7) is 7.97. The lowest BCUT2D eigenvalue weighted by molar-refractivity contribution is -0.140. The molecule has 0 aliphatic rings. The highest BCUT2D eigenvalue weighted by molar-refractivity contribution is 5.95. The highest BCUT2D eigenvalue weighted by Crippen LogP contribution is 2.17. The predicted molar refractivity (Wildman–Crippen MR) is 77.2 cm³/mol. The first-order valence-corrected chi connectivity index (χ1v) is 6.91. The normalized spacial score (nSPS) is 13.5. The summed E-state index contributed by atoms with van der Waals surface area (Å²) in [7, 11) is 0. The van der Waals surface area contributed by atoms with E-state index in [1.54, 1.807) is 27.7 Å². The summed E-state index contributed by atoms with van der Waals surface area (Å²) in [6.07, 6.45) is 0. The van der Waals surface area contributed by atoms with Crippen LogP contribution >= 0.6 is 0 Å². The summed E-state index contributed by atoms with van der Waals surface area (Å²) in [6, 6.07) is -1.50. The van der Waals surface area contributed by atoms with Crippen molar-refractivity contribution in [3.8, 4) is 0 Å². The molecule has 2 amide bonds. The Morgan fingerprint density at radius 3 is 2.23 bits per heavy atom. The smallest absolute Gasteiger partial charge is 0.326 e. The summed E-state index contributed by atoms with van der Waals surface area (Å²) in [4.78, 5) is 38.4. The van der Waals surface area contributed by atoms with Crippen LogP contribution in [0.2, 0.25) is 0 Å². The summed E-state index contributed by atoms with van der Waals surface area (Å²) >= 11 is 0. The number of carboxylic acids is 1. The molecule has 0 aromatic carbocycles. The van der Waals surface area contributed by atoms with Gasteiger partial charge in [0.25, 0.3) is 5.91 Å². The molecular formula is C14H21N3O5. The molecular weight excluding hydrogens is 290 g/mol. The van der Waals surface area contributed by atoms with Crippen molar-refractivity contribution in [3.63, 3.8) is 0 Å². The van der Waals surface area contributed by atoms with E-state index in [9.17, 15) is 14.4 Å². The second-order valence-electron chi connectivity index (χ2n) is 5.41. The van der Waals surface area contributed by atoms with Gasteiger partial charge >= 0.3 is 5.97 Å². The summed E-state index contributed by atoms with van der Waals surface area (Å²) in [5, 5.41) is 14.1. The summed E-state index contributed by atoms with van der Waals surface area (Å²) in [5.74, 6) is -1.81. The lowest BCUT2D eigenvalue weighted by Gasteiger charge is -2.17. The van der Waals surface area contributed by atoms with Crippen LogP contribution in [-0.4, -0.2) is 33.9 Å². The van der Waals surface area contributed by atoms with Gasteiger partial charge in [-0.05, 0) is 19.8 Å². The molecule has 0 unspecified atom stereocenters. The Kier molecular flexibility index (Phi) is 5.67. The van der Waals surface area contributed by atoms with Gasteiger partial charge in [-0.15, -0.1) is 0 Å². The lowest BCUT2D eigenvalue weighted by Crippen LogP contribution is -2.44. The number of carbonyl (C=O) groups excluding carboxylic acids is 2. The molecule has 1 heterocycles. The minimum atomic E-state index is -1.11. The van der Waals surface area contributed by atoms with Crippen LogP contribution < -0.4 is 10.6 Å². The van der Waals surface area contributed by atoms with Crippen LogP contribution in [0.25, 0.3) is 0 Å². The first kappa shape index (κ1) is 17.7. The zero-order valence-corrected chi connectivity index (χ0v) is 13.3. The third kappa shape index (κ3) is 4.31. The molecule has 8 nitrogen and oxygen atoms in total. The lowest BCUT2D eigenvalue weighted by atomic mass is 10.0. The van der Waals surface area contributed by atoms with Crippen LogP contribution in [0.3, 0.4) is 0 Å². The van der Waals surface area contributed by atoms with E-state index in [1.165, 1.54) is 6.92 Å². The molecule has 122 valence electrons. The monoisotopic (exact) mass is 311 g/mol. The number of nitrogens with zero attached hydrogens (tertiary/aromatic N) is 1. The number of hydrogen-bond acceptors (Lipinski definition) is 5. The third-order valence-electron chi connectivity index (χ3n) is 3.04. The van der Waals surface area contributed by atoms with Crippen LogP contribution in [0.4, 0.5) is 0 Å². The van der Waals surface area contributed by atoms with E-state index in [-0.39, 0.29) is 29.2 Å². The van der Waals surface area contributed by atoms with E-state index in [1.807, 2.05) is 0 Å². The van der Waals surface area contributed by atoms with Gasteiger partial charge in [-0.3, -0.25) is 9.59 Å². The SMILES string of the molecule is CC(=O)N[C@@H](C)c1nc(C(=O)N[C@H](C(=O)O)C(C)C)c(C)o1. The summed E-state index contributed by atoms with van der Waals surface area (Å²) < 4.78 is 5.37. The van der Waals surface area contributed by atoms with Gasteiger partial charge in [0.2, 0.25) is 11.8 Å². The Morgan fingerprint density at radius 2 is 1.77 bits per heavy atom. The topological polar surface area (TPSA) is 122 Å². The van der Waals surface area contributed by atoms with Gasteiger partial charge in [-0.2, -0.15) is 0 Å². The molecule has 2 atom stereocenters. The van der Waals surface area contributed by atoms with E-state index in [2.05, 4.69) is 15.6 Å². The van der Waals surface area contributed by atoms with Gasteiger partial charge in [-0.25, -0.2) is 9.78 Å². The molecule has 1 aromatic rings. The highest BCUT2D eigenvalue weighted by Gasteiger charge is 2.27. The van der Waals surface area contributed by atoms with Crippen molar-refractivity contribution in [1.29, 1.82) is 0 Å². The Labute approximate surface area is 128 Å². The maximum atomic E-state index is 12.2. The molecule has 8 heteroatoms. The molecule has 3 N–H and O–H groups in total. The van der Waals surface area contributed by atoms with Crippen LogP contribution in [0.15, 0.2) is 4.42 Å². The molecule has 0 saturated carbocycles. The minimum absolute atomic E-state index is 0.0131. The summed E-state index contributed by atoms with van der Waals surface area (Å²) in [5.41, 5.74) is 0.0131. The second-order valence-corrected chi connectivity index (χ2v) is 5.41. The number of rotatable bonds is 6. The van der Waals surface area contributed by atoms with Crippen LogP contribution in [-0.2, 0) is 9.59 Å². The fraction of sp³-hybridized carbons (Fsp3) is 0.571. The number of nitrogens with one attached hydrogen (secondary N) is 2. The first-order chi connectivity index (χ1) is 10.1. The van der Waals surface area contributed by atoms with E-state index < -0.39 is 24.0 Å². The second kappa shape index (κ2) is 7.06. The molecule has 0 fully saturated rings. The predicted octanol–water partition coefficient (Wildman–Crippen LogP) is 1.02. The number of aliphatic carboxylic acids is 1. The van der Waals surface area contributed by atoms with Gasteiger partial charge in [0.15, 0.2) is 5.69 Å². The van der Waals surface area contributed by atoms with E-state index in [0.717, 1.165) is 0 Å². The number of carbonyl (C=O) groups is 3. The molecule has 0 spiro atoms. The number of hydrogen-bond donors (Lipinski definition) is 3. The highest BCUT2D eigenvalue weighted by atomic mass is 16.4.